The maximum absolute atomic E-state index is 5.56. The Bertz CT molecular complexity index is 139. The molecule has 0 spiro atoms. The van der Waals surface area contributed by atoms with Gasteiger partial charge in [0.25, 0.3) is 0 Å². The van der Waals surface area contributed by atoms with Gasteiger partial charge in [0, 0.05) is 19.2 Å². The summed E-state index contributed by atoms with van der Waals surface area (Å²) in [6, 6.07) is 0.490. The molecule has 2 atom stereocenters. The number of ether oxygens (including phenoxy) is 1. The van der Waals surface area contributed by atoms with Crippen molar-refractivity contribution in [2.45, 2.75) is 38.8 Å². The van der Waals surface area contributed by atoms with Crippen LogP contribution in [0.15, 0.2) is 12.2 Å². The quantitative estimate of drug-likeness (QED) is 0.647. The molecular weight excluding hydrogens is 150 g/mol. The van der Waals surface area contributed by atoms with Crippen molar-refractivity contribution >= 4 is 0 Å². The summed E-state index contributed by atoms with van der Waals surface area (Å²) >= 11 is 0. The lowest BCUT2D eigenvalue weighted by atomic mass is 10.1. The number of nitrogens with one attached hydrogen (secondary N) is 1. The Morgan fingerprint density at radius 1 is 1.67 bits per heavy atom. The topological polar surface area (TPSA) is 21.3 Å². The van der Waals surface area contributed by atoms with E-state index in [-0.39, 0.29) is 0 Å². The standard InChI is InChI=1S/C10H19NO/c1-3-4-7-11-9(2)10-6-5-8-12-10/h3-4,9-11H,5-8H2,1-2H3/b4-3+. The van der Waals surface area contributed by atoms with Crippen LogP contribution >= 0.6 is 0 Å². The zero-order valence-electron chi connectivity index (χ0n) is 8.05. The van der Waals surface area contributed by atoms with Gasteiger partial charge in [-0.3, -0.25) is 0 Å². The molecule has 2 heteroatoms. The lowest BCUT2D eigenvalue weighted by Gasteiger charge is -2.18. The Kier molecular flexibility index (Phi) is 4.33. The Hall–Kier alpha value is -0.340. The summed E-state index contributed by atoms with van der Waals surface area (Å²) in [6.45, 7) is 6.13. The number of hydrogen-bond acceptors (Lipinski definition) is 2. The fourth-order valence-electron chi connectivity index (χ4n) is 1.50. The first kappa shape index (κ1) is 9.75. The Labute approximate surface area is 75.0 Å². The minimum atomic E-state index is 0.440. The first-order chi connectivity index (χ1) is 5.84. The van der Waals surface area contributed by atoms with Crippen LogP contribution in [0, 0.1) is 0 Å². The first-order valence-corrected chi connectivity index (χ1v) is 4.80. The zero-order chi connectivity index (χ0) is 8.81. The molecule has 0 aromatic rings. The van der Waals surface area contributed by atoms with E-state index in [1.165, 1.54) is 12.8 Å². The zero-order valence-corrected chi connectivity index (χ0v) is 8.05. The van der Waals surface area contributed by atoms with E-state index < -0.39 is 0 Å². The molecule has 0 radical (unpaired) electrons. The van der Waals surface area contributed by atoms with Crippen molar-refractivity contribution in [2.75, 3.05) is 13.2 Å². The summed E-state index contributed by atoms with van der Waals surface area (Å²) in [5, 5.41) is 3.41. The minimum Gasteiger partial charge on any atom is -0.377 e. The summed E-state index contributed by atoms with van der Waals surface area (Å²) in [6.07, 6.45) is 7.07. The molecule has 0 aliphatic carbocycles. The van der Waals surface area contributed by atoms with Crippen molar-refractivity contribution in [3.63, 3.8) is 0 Å². The number of hydrogen-bond donors (Lipinski definition) is 1. The van der Waals surface area contributed by atoms with Gasteiger partial charge in [-0.1, -0.05) is 12.2 Å². The number of allylic oxidation sites excluding steroid dienone is 1. The van der Waals surface area contributed by atoms with E-state index in [9.17, 15) is 0 Å². The van der Waals surface area contributed by atoms with Gasteiger partial charge in [-0.25, -0.2) is 0 Å². The van der Waals surface area contributed by atoms with Gasteiger partial charge in [0.05, 0.1) is 6.10 Å². The van der Waals surface area contributed by atoms with Gasteiger partial charge >= 0.3 is 0 Å². The summed E-state index contributed by atoms with van der Waals surface area (Å²) in [7, 11) is 0. The van der Waals surface area contributed by atoms with Crippen LogP contribution in [0.2, 0.25) is 0 Å². The van der Waals surface area contributed by atoms with Crippen LogP contribution in [0.3, 0.4) is 0 Å². The van der Waals surface area contributed by atoms with Gasteiger partial charge in [0.2, 0.25) is 0 Å². The molecule has 1 aliphatic heterocycles. The van der Waals surface area contributed by atoms with Crippen molar-refractivity contribution in [1.29, 1.82) is 0 Å². The molecule has 0 aromatic heterocycles. The Morgan fingerprint density at radius 3 is 3.08 bits per heavy atom. The van der Waals surface area contributed by atoms with Gasteiger partial charge in [-0.15, -0.1) is 0 Å². The molecule has 1 fully saturated rings. The molecule has 1 heterocycles. The lowest BCUT2D eigenvalue weighted by molar-refractivity contribution is 0.0849. The summed E-state index contributed by atoms with van der Waals surface area (Å²) in [4.78, 5) is 0. The minimum absolute atomic E-state index is 0.440. The molecule has 1 saturated heterocycles. The highest BCUT2D eigenvalue weighted by atomic mass is 16.5. The van der Waals surface area contributed by atoms with E-state index in [1.807, 2.05) is 6.92 Å². The van der Waals surface area contributed by atoms with E-state index in [2.05, 4.69) is 24.4 Å². The van der Waals surface area contributed by atoms with Crippen LogP contribution in [0.5, 0.6) is 0 Å². The molecular formula is C10H19NO. The Balaban J connectivity index is 2.13. The third-order valence-electron chi connectivity index (χ3n) is 2.32. The predicted molar refractivity (Wildman–Crippen MR) is 51.3 cm³/mol. The number of rotatable bonds is 4. The summed E-state index contributed by atoms with van der Waals surface area (Å²) in [5.74, 6) is 0. The third kappa shape index (κ3) is 2.95. The molecule has 1 rings (SSSR count). The molecule has 2 unspecified atom stereocenters. The largest absolute Gasteiger partial charge is 0.377 e. The molecule has 0 amide bonds. The van der Waals surface area contributed by atoms with Crippen molar-refractivity contribution in [1.82, 2.24) is 5.32 Å². The van der Waals surface area contributed by atoms with Crippen LogP contribution in [0.25, 0.3) is 0 Å². The van der Waals surface area contributed by atoms with Crippen LogP contribution < -0.4 is 5.32 Å². The van der Waals surface area contributed by atoms with E-state index in [4.69, 9.17) is 4.74 Å². The van der Waals surface area contributed by atoms with Gasteiger partial charge in [0.1, 0.15) is 0 Å². The van der Waals surface area contributed by atoms with Gasteiger partial charge in [-0.2, -0.15) is 0 Å². The smallest absolute Gasteiger partial charge is 0.0726 e. The maximum Gasteiger partial charge on any atom is 0.0726 e. The van der Waals surface area contributed by atoms with E-state index in [0.29, 0.717) is 12.1 Å². The lowest BCUT2D eigenvalue weighted by Crippen LogP contribution is -2.36. The normalized spacial score (nSPS) is 26.7. The molecule has 1 N–H and O–H groups in total. The molecule has 0 bridgehead atoms. The second-order valence-electron chi connectivity index (χ2n) is 3.32. The second-order valence-corrected chi connectivity index (χ2v) is 3.32. The van der Waals surface area contributed by atoms with Crippen molar-refractivity contribution in [2.24, 2.45) is 0 Å². The Morgan fingerprint density at radius 2 is 2.50 bits per heavy atom. The second kappa shape index (κ2) is 5.33. The predicted octanol–water partition coefficient (Wildman–Crippen LogP) is 1.72. The molecule has 2 nitrogen and oxygen atoms in total. The van der Waals surface area contributed by atoms with E-state index in [1.54, 1.807) is 0 Å². The molecule has 0 saturated carbocycles. The SMILES string of the molecule is C/C=C/CNC(C)C1CCCO1. The highest BCUT2D eigenvalue weighted by molar-refractivity contribution is 4.83. The molecule has 1 aliphatic rings. The van der Waals surface area contributed by atoms with Gasteiger partial charge in [0.15, 0.2) is 0 Å². The monoisotopic (exact) mass is 169 g/mol. The van der Waals surface area contributed by atoms with Crippen LogP contribution in [0.4, 0.5) is 0 Å². The van der Waals surface area contributed by atoms with Gasteiger partial charge in [-0.05, 0) is 26.7 Å². The maximum atomic E-state index is 5.56. The fraction of sp³-hybridized carbons (Fsp3) is 0.800. The third-order valence-corrected chi connectivity index (χ3v) is 2.32. The van der Waals surface area contributed by atoms with Gasteiger partial charge < -0.3 is 10.1 Å². The average Bonchev–Trinajstić information content (AvgIpc) is 2.56. The van der Waals surface area contributed by atoms with Crippen molar-refractivity contribution < 1.29 is 4.74 Å². The van der Waals surface area contributed by atoms with Crippen LogP contribution in [-0.4, -0.2) is 25.3 Å². The molecule has 12 heavy (non-hydrogen) atoms. The fourth-order valence-corrected chi connectivity index (χ4v) is 1.50. The average molecular weight is 169 g/mol. The van der Waals surface area contributed by atoms with Crippen molar-refractivity contribution in [3.05, 3.63) is 12.2 Å². The van der Waals surface area contributed by atoms with E-state index in [0.717, 1.165) is 13.2 Å². The van der Waals surface area contributed by atoms with Crippen molar-refractivity contribution in [3.8, 4) is 0 Å². The molecule has 0 aromatic carbocycles. The molecule has 70 valence electrons. The van der Waals surface area contributed by atoms with E-state index >= 15 is 0 Å². The summed E-state index contributed by atoms with van der Waals surface area (Å²) in [5.41, 5.74) is 0. The van der Waals surface area contributed by atoms with Crippen LogP contribution in [-0.2, 0) is 4.74 Å². The van der Waals surface area contributed by atoms with Crippen LogP contribution in [0.1, 0.15) is 26.7 Å². The summed E-state index contributed by atoms with van der Waals surface area (Å²) < 4.78 is 5.56. The highest BCUT2D eigenvalue weighted by Gasteiger charge is 2.20. The highest BCUT2D eigenvalue weighted by Crippen LogP contribution is 2.14. The first-order valence-electron chi connectivity index (χ1n) is 4.80.